The van der Waals surface area contributed by atoms with Crippen LogP contribution in [-0.4, -0.2) is 33.2 Å². The van der Waals surface area contributed by atoms with Gasteiger partial charge in [-0.05, 0) is 38.1 Å². The fourth-order valence-electron chi connectivity index (χ4n) is 1.71. The molecule has 4 nitrogen and oxygen atoms in total. The molecular formula is C13H18FNO3. The molecule has 1 rings (SSSR count). The Morgan fingerprint density at radius 1 is 1.44 bits per heavy atom. The molecule has 0 aromatic heterocycles. The van der Waals surface area contributed by atoms with Crippen molar-refractivity contribution in [1.29, 1.82) is 0 Å². The van der Waals surface area contributed by atoms with E-state index in [0.29, 0.717) is 18.7 Å². The molecule has 0 fully saturated rings. The quantitative estimate of drug-likeness (QED) is 0.847. The van der Waals surface area contributed by atoms with E-state index in [4.69, 9.17) is 10.2 Å². The van der Waals surface area contributed by atoms with E-state index in [1.165, 1.54) is 12.1 Å². The highest BCUT2D eigenvalue weighted by atomic mass is 19.1. The van der Waals surface area contributed by atoms with Crippen LogP contribution in [0.15, 0.2) is 18.2 Å². The Hall–Kier alpha value is -1.62. The van der Waals surface area contributed by atoms with Crippen molar-refractivity contribution < 1.29 is 19.4 Å². The number of aliphatic carboxylic acids is 1. The fourth-order valence-corrected chi connectivity index (χ4v) is 1.71. The third-order valence-electron chi connectivity index (χ3n) is 3.08. The van der Waals surface area contributed by atoms with E-state index < -0.39 is 23.1 Å². The van der Waals surface area contributed by atoms with Crippen LogP contribution >= 0.6 is 0 Å². The number of benzene rings is 1. The van der Waals surface area contributed by atoms with Gasteiger partial charge in [0.05, 0.1) is 0 Å². The average molecular weight is 255 g/mol. The van der Waals surface area contributed by atoms with Crippen LogP contribution in [0.2, 0.25) is 0 Å². The summed E-state index contributed by atoms with van der Waals surface area (Å²) in [6, 6.07) is 4.07. The van der Waals surface area contributed by atoms with Gasteiger partial charge in [0, 0.05) is 6.54 Å². The second kappa shape index (κ2) is 5.35. The topological polar surface area (TPSA) is 60.8 Å². The van der Waals surface area contributed by atoms with Gasteiger partial charge in [0.1, 0.15) is 5.54 Å². The van der Waals surface area contributed by atoms with Crippen LogP contribution in [0.4, 0.5) is 4.39 Å². The summed E-state index contributed by atoms with van der Waals surface area (Å²) in [6.07, 6.45) is 0. The summed E-state index contributed by atoms with van der Waals surface area (Å²) in [5.74, 6) is -2.03. The van der Waals surface area contributed by atoms with Crippen LogP contribution in [0.1, 0.15) is 26.3 Å². The fraction of sp³-hybridized carbons (Fsp3) is 0.462. The van der Waals surface area contributed by atoms with Crippen molar-refractivity contribution in [3.8, 4) is 5.75 Å². The molecule has 1 aromatic carbocycles. The lowest BCUT2D eigenvalue weighted by molar-refractivity contribution is -0.149. The van der Waals surface area contributed by atoms with Crippen molar-refractivity contribution in [1.82, 2.24) is 4.90 Å². The maximum atomic E-state index is 13.2. The minimum Gasteiger partial charge on any atom is -0.505 e. The Morgan fingerprint density at radius 3 is 2.50 bits per heavy atom. The van der Waals surface area contributed by atoms with Crippen LogP contribution in [0, 0.1) is 5.82 Å². The van der Waals surface area contributed by atoms with E-state index in [1.54, 1.807) is 24.8 Å². The van der Waals surface area contributed by atoms with Crippen LogP contribution in [0.3, 0.4) is 0 Å². The number of phenolic OH excluding ortho intramolecular Hbond substituents is 1. The Morgan fingerprint density at radius 2 is 2.06 bits per heavy atom. The number of hydrogen-bond acceptors (Lipinski definition) is 3. The third kappa shape index (κ3) is 2.98. The third-order valence-corrected chi connectivity index (χ3v) is 3.08. The highest BCUT2D eigenvalue weighted by Gasteiger charge is 2.33. The van der Waals surface area contributed by atoms with Crippen LogP contribution in [0.25, 0.3) is 0 Å². The molecule has 2 N–H and O–H groups in total. The van der Waals surface area contributed by atoms with Crippen molar-refractivity contribution in [3.05, 3.63) is 29.6 Å². The van der Waals surface area contributed by atoms with E-state index >= 15 is 0 Å². The SMILES string of the molecule is CCN(Cc1ccc(O)c(F)c1)C(C)(C)C(=O)O. The lowest BCUT2D eigenvalue weighted by atomic mass is 10.0. The molecule has 18 heavy (non-hydrogen) atoms. The minimum atomic E-state index is -1.02. The van der Waals surface area contributed by atoms with Gasteiger partial charge in [0.25, 0.3) is 0 Å². The number of carbonyl (C=O) groups is 1. The number of aromatic hydroxyl groups is 1. The molecule has 0 saturated heterocycles. The van der Waals surface area contributed by atoms with Gasteiger partial charge in [-0.2, -0.15) is 0 Å². The van der Waals surface area contributed by atoms with Gasteiger partial charge >= 0.3 is 5.97 Å². The highest BCUT2D eigenvalue weighted by Crippen LogP contribution is 2.21. The van der Waals surface area contributed by atoms with Crippen molar-refractivity contribution in [3.63, 3.8) is 0 Å². The summed E-state index contributed by atoms with van der Waals surface area (Å²) >= 11 is 0. The van der Waals surface area contributed by atoms with Crippen molar-refractivity contribution >= 4 is 5.97 Å². The molecule has 0 bridgehead atoms. The van der Waals surface area contributed by atoms with Crippen molar-refractivity contribution in [2.24, 2.45) is 0 Å². The Kier molecular flexibility index (Phi) is 4.29. The molecule has 0 heterocycles. The molecule has 0 spiro atoms. The van der Waals surface area contributed by atoms with E-state index in [9.17, 15) is 9.18 Å². The zero-order valence-corrected chi connectivity index (χ0v) is 10.8. The lowest BCUT2D eigenvalue weighted by Crippen LogP contribution is -2.49. The second-order valence-corrected chi connectivity index (χ2v) is 4.66. The zero-order chi connectivity index (χ0) is 13.9. The molecule has 0 unspecified atom stereocenters. The molecule has 0 amide bonds. The summed E-state index contributed by atoms with van der Waals surface area (Å²) in [5.41, 5.74) is -0.398. The van der Waals surface area contributed by atoms with Gasteiger partial charge in [0.2, 0.25) is 0 Å². The van der Waals surface area contributed by atoms with Crippen LogP contribution < -0.4 is 0 Å². The molecule has 0 atom stereocenters. The molecule has 100 valence electrons. The minimum absolute atomic E-state index is 0.312. The number of halogens is 1. The number of carboxylic acid groups (broad SMARTS) is 1. The number of hydrogen-bond donors (Lipinski definition) is 2. The van der Waals surface area contributed by atoms with Gasteiger partial charge in [-0.1, -0.05) is 13.0 Å². The Labute approximate surface area is 106 Å². The summed E-state index contributed by atoms with van der Waals surface area (Å²) in [5, 5.41) is 18.3. The predicted octanol–water partition coefficient (Wildman–Crippen LogP) is 2.22. The van der Waals surface area contributed by atoms with Gasteiger partial charge in [-0.3, -0.25) is 9.69 Å². The van der Waals surface area contributed by atoms with E-state index in [-0.39, 0.29) is 0 Å². The normalized spacial score (nSPS) is 11.8. The summed E-state index contributed by atoms with van der Waals surface area (Å²) in [6.45, 7) is 5.90. The standard InChI is InChI=1S/C13H18FNO3/c1-4-15(13(2,3)12(17)18)8-9-5-6-11(16)10(14)7-9/h5-7,16H,4,8H2,1-3H3,(H,17,18). The molecule has 0 radical (unpaired) electrons. The molecule has 0 saturated carbocycles. The van der Waals surface area contributed by atoms with Crippen molar-refractivity contribution in [2.45, 2.75) is 32.9 Å². The number of carboxylic acids is 1. The zero-order valence-electron chi connectivity index (χ0n) is 10.8. The van der Waals surface area contributed by atoms with E-state index in [2.05, 4.69) is 0 Å². The van der Waals surface area contributed by atoms with Crippen molar-refractivity contribution in [2.75, 3.05) is 6.54 Å². The number of nitrogens with zero attached hydrogens (tertiary/aromatic N) is 1. The molecule has 0 aliphatic heterocycles. The number of likely N-dealkylation sites (N-methyl/N-ethyl adjacent to an activating group) is 1. The van der Waals surface area contributed by atoms with E-state index in [1.807, 2.05) is 6.92 Å². The smallest absolute Gasteiger partial charge is 0.323 e. The van der Waals surface area contributed by atoms with Crippen LogP contribution in [0.5, 0.6) is 5.75 Å². The first kappa shape index (κ1) is 14.4. The molecular weight excluding hydrogens is 237 g/mol. The lowest BCUT2D eigenvalue weighted by Gasteiger charge is -2.34. The Bertz CT molecular complexity index is 446. The summed E-state index contributed by atoms with van der Waals surface area (Å²) in [4.78, 5) is 12.9. The van der Waals surface area contributed by atoms with Gasteiger partial charge in [-0.15, -0.1) is 0 Å². The number of rotatable bonds is 5. The average Bonchev–Trinajstić information content (AvgIpc) is 2.30. The summed E-state index contributed by atoms with van der Waals surface area (Å²) in [7, 11) is 0. The van der Waals surface area contributed by atoms with Crippen LogP contribution in [-0.2, 0) is 11.3 Å². The largest absolute Gasteiger partial charge is 0.505 e. The predicted molar refractivity (Wildman–Crippen MR) is 65.9 cm³/mol. The molecule has 0 aliphatic carbocycles. The molecule has 0 aliphatic rings. The maximum Gasteiger partial charge on any atom is 0.323 e. The monoisotopic (exact) mass is 255 g/mol. The molecule has 5 heteroatoms. The highest BCUT2D eigenvalue weighted by molar-refractivity contribution is 5.77. The number of phenols is 1. The van der Waals surface area contributed by atoms with Gasteiger partial charge in [0.15, 0.2) is 11.6 Å². The Balaban J connectivity index is 2.93. The summed E-state index contributed by atoms with van der Waals surface area (Å²) < 4.78 is 13.2. The second-order valence-electron chi connectivity index (χ2n) is 4.66. The first-order valence-corrected chi connectivity index (χ1v) is 5.75. The first-order chi connectivity index (χ1) is 8.28. The molecule has 1 aromatic rings. The van der Waals surface area contributed by atoms with Gasteiger partial charge < -0.3 is 10.2 Å². The maximum absolute atomic E-state index is 13.2. The van der Waals surface area contributed by atoms with E-state index in [0.717, 1.165) is 0 Å². The van der Waals surface area contributed by atoms with Gasteiger partial charge in [-0.25, -0.2) is 4.39 Å². The first-order valence-electron chi connectivity index (χ1n) is 5.75.